The molecule has 1 N–H and O–H groups in total. The van der Waals surface area contributed by atoms with Gasteiger partial charge >= 0.3 is 0 Å². The summed E-state index contributed by atoms with van der Waals surface area (Å²) in [7, 11) is 0. The van der Waals surface area contributed by atoms with Crippen molar-refractivity contribution in [2.75, 3.05) is 18.5 Å². The van der Waals surface area contributed by atoms with Gasteiger partial charge in [0.05, 0.1) is 6.61 Å². The molecule has 0 aliphatic carbocycles. The van der Waals surface area contributed by atoms with E-state index in [1.165, 1.54) is 0 Å². The fraction of sp³-hybridized carbons (Fsp3) is 0.200. The van der Waals surface area contributed by atoms with Crippen LogP contribution in [0.15, 0.2) is 36.4 Å². The van der Waals surface area contributed by atoms with Crippen LogP contribution >= 0.6 is 0 Å². The molecule has 0 radical (unpaired) electrons. The Kier molecular flexibility index (Phi) is 3.26. The van der Waals surface area contributed by atoms with E-state index in [9.17, 15) is 13.2 Å². The van der Waals surface area contributed by atoms with Gasteiger partial charge in [0.15, 0.2) is 17.5 Å². The molecule has 1 heterocycles. The average Bonchev–Trinajstić information content (AvgIpc) is 2.85. The van der Waals surface area contributed by atoms with Crippen molar-refractivity contribution in [3.63, 3.8) is 0 Å². The third kappa shape index (κ3) is 2.31. The molecule has 1 unspecified atom stereocenters. The first-order valence-electron chi connectivity index (χ1n) is 6.25. The van der Waals surface area contributed by atoms with Gasteiger partial charge in [-0.3, -0.25) is 0 Å². The molecule has 2 nitrogen and oxygen atoms in total. The second-order valence-corrected chi connectivity index (χ2v) is 4.68. The number of fused-ring (bicyclic) bond motifs is 1. The van der Waals surface area contributed by atoms with Gasteiger partial charge in [-0.25, -0.2) is 13.2 Å². The van der Waals surface area contributed by atoms with Gasteiger partial charge < -0.3 is 10.1 Å². The highest BCUT2D eigenvalue weighted by Crippen LogP contribution is 2.33. The first-order chi connectivity index (χ1) is 9.65. The average molecular weight is 279 g/mol. The number of anilines is 1. The molecule has 3 rings (SSSR count). The molecule has 1 atom stereocenters. The number of halogens is 3. The molecule has 2 aromatic rings. The highest BCUT2D eigenvalue weighted by Gasteiger charge is 2.23. The number of para-hydroxylation sites is 1. The number of hydrogen-bond donors (Lipinski definition) is 1. The zero-order valence-corrected chi connectivity index (χ0v) is 10.5. The van der Waals surface area contributed by atoms with E-state index in [2.05, 4.69) is 5.32 Å². The topological polar surface area (TPSA) is 21.3 Å². The van der Waals surface area contributed by atoms with Gasteiger partial charge in [0.25, 0.3) is 0 Å². The van der Waals surface area contributed by atoms with Crippen LogP contribution in [0.1, 0.15) is 11.5 Å². The zero-order chi connectivity index (χ0) is 14.1. The van der Waals surface area contributed by atoms with Crippen molar-refractivity contribution >= 4 is 5.69 Å². The standard InChI is InChI=1S/C15H12F3NO/c16-12-5-10(6-13(17)15(12)18)19-7-9-8-20-14-4-2-1-3-11(9)14/h1-6,9,19H,7-8H2. The molecule has 5 heteroatoms. The normalized spacial score (nSPS) is 16.6. The summed E-state index contributed by atoms with van der Waals surface area (Å²) < 4.78 is 44.6. The van der Waals surface area contributed by atoms with Crippen LogP contribution in [-0.4, -0.2) is 13.2 Å². The molecule has 0 spiro atoms. The number of nitrogens with one attached hydrogen (secondary N) is 1. The number of hydrogen-bond acceptors (Lipinski definition) is 2. The van der Waals surface area contributed by atoms with Crippen molar-refractivity contribution in [1.29, 1.82) is 0 Å². The van der Waals surface area contributed by atoms with E-state index in [0.717, 1.165) is 23.4 Å². The molecule has 104 valence electrons. The van der Waals surface area contributed by atoms with E-state index in [1.807, 2.05) is 24.3 Å². The van der Waals surface area contributed by atoms with Crippen molar-refractivity contribution in [2.24, 2.45) is 0 Å². The Morgan fingerprint density at radius 1 is 1.10 bits per heavy atom. The van der Waals surface area contributed by atoms with E-state index >= 15 is 0 Å². The first kappa shape index (κ1) is 12.8. The number of benzene rings is 2. The molecule has 1 aliphatic heterocycles. The second-order valence-electron chi connectivity index (χ2n) is 4.68. The molecule has 1 aliphatic rings. The number of ether oxygens (including phenoxy) is 1. The Bertz CT molecular complexity index is 622. The van der Waals surface area contributed by atoms with Gasteiger partial charge in [0.1, 0.15) is 5.75 Å². The minimum atomic E-state index is -1.45. The Morgan fingerprint density at radius 2 is 1.80 bits per heavy atom. The van der Waals surface area contributed by atoms with Gasteiger partial charge in [0.2, 0.25) is 0 Å². The molecular formula is C15H12F3NO. The van der Waals surface area contributed by atoms with Crippen LogP contribution in [0.2, 0.25) is 0 Å². The van der Waals surface area contributed by atoms with E-state index in [1.54, 1.807) is 0 Å². The highest BCUT2D eigenvalue weighted by atomic mass is 19.2. The third-order valence-corrected chi connectivity index (χ3v) is 3.34. The fourth-order valence-corrected chi connectivity index (χ4v) is 2.30. The summed E-state index contributed by atoms with van der Waals surface area (Å²) in [4.78, 5) is 0. The Labute approximate surface area is 114 Å². The van der Waals surface area contributed by atoms with Crippen molar-refractivity contribution < 1.29 is 17.9 Å². The maximum absolute atomic E-state index is 13.1. The van der Waals surface area contributed by atoms with Crippen LogP contribution < -0.4 is 10.1 Å². The van der Waals surface area contributed by atoms with Gasteiger partial charge in [-0.05, 0) is 6.07 Å². The van der Waals surface area contributed by atoms with Crippen LogP contribution in [-0.2, 0) is 0 Å². The van der Waals surface area contributed by atoms with Crippen LogP contribution in [0.25, 0.3) is 0 Å². The highest BCUT2D eigenvalue weighted by molar-refractivity contribution is 5.46. The molecule has 0 bridgehead atoms. The van der Waals surface area contributed by atoms with E-state index in [0.29, 0.717) is 13.2 Å². The summed E-state index contributed by atoms with van der Waals surface area (Å²) in [6.45, 7) is 0.972. The first-order valence-corrected chi connectivity index (χ1v) is 6.25. The summed E-state index contributed by atoms with van der Waals surface area (Å²) in [5.41, 5.74) is 1.27. The zero-order valence-electron chi connectivity index (χ0n) is 10.5. The SMILES string of the molecule is Fc1cc(NCC2COc3ccccc32)cc(F)c1F. The lowest BCUT2D eigenvalue weighted by Crippen LogP contribution is -2.14. The van der Waals surface area contributed by atoms with Crippen molar-refractivity contribution in [1.82, 2.24) is 0 Å². The monoisotopic (exact) mass is 279 g/mol. The van der Waals surface area contributed by atoms with Crippen LogP contribution in [0.3, 0.4) is 0 Å². The Balaban J connectivity index is 1.72. The largest absolute Gasteiger partial charge is 0.493 e. The third-order valence-electron chi connectivity index (χ3n) is 3.34. The molecule has 0 aromatic heterocycles. The fourth-order valence-electron chi connectivity index (χ4n) is 2.30. The minimum Gasteiger partial charge on any atom is -0.493 e. The van der Waals surface area contributed by atoms with Crippen molar-refractivity contribution in [2.45, 2.75) is 5.92 Å². The maximum atomic E-state index is 13.1. The maximum Gasteiger partial charge on any atom is 0.194 e. The lowest BCUT2D eigenvalue weighted by Gasteiger charge is -2.12. The molecule has 20 heavy (non-hydrogen) atoms. The summed E-state index contributed by atoms with van der Waals surface area (Å²) in [5.74, 6) is -2.92. The van der Waals surface area contributed by atoms with E-state index in [-0.39, 0.29) is 11.6 Å². The molecule has 0 amide bonds. The summed E-state index contributed by atoms with van der Waals surface area (Å²) >= 11 is 0. The molecule has 0 saturated heterocycles. The van der Waals surface area contributed by atoms with Crippen LogP contribution in [0.4, 0.5) is 18.9 Å². The molecule has 2 aromatic carbocycles. The van der Waals surface area contributed by atoms with Gasteiger partial charge in [0, 0.05) is 35.8 Å². The lowest BCUT2D eigenvalue weighted by molar-refractivity contribution is 0.334. The van der Waals surface area contributed by atoms with Crippen LogP contribution in [0, 0.1) is 17.5 Å². The number of rotatable bonds is 3. The minimum absolute atomic E-state index is 0.0994. The predicted molar refractivity (Wildman–Crippen MR) is 69.5 cm³/mol. The summed E-state index contributed by atoms with van der Waals surface area (Å²) in [5, 5.41) is 2.91. The van der Waals surface area contributed by atoms with E-state index in [4.69, 9.17) is 4.74 Å². The van der Waals surface area contributed by atoms with E-state index < -0.39 is 17.5 Å². The second kappa shape index (κ2) is 5.07. The Hall–Kier alpha value is -2.17. The Morgan fingerprint density at radius 3 is 2.55 bits per heavy atom. The molecule has 0 fully saturated rings. The quantitative estimate of drug-likeness (QED) is 0.865. The summed E-state index contributed by atoms with van der Waals surface area (Å²) in [6, 6.07) is 9.53. The van der Waals surface area contributed by atoms with Crippen molar-refractivity contribution in [3.05, 3.63) is 59.4 Å². The summed E-state index contributed by atoms with van der Waals surface area (Å²) in [6.07, 6.45) is 0. The molecule has 0 saturated carbocycles. The predicted octanol–water partition coefficient (Wildman–Crippen LogP) is 3.69. The van der Waals surface area contributed by atoms with Gasteiger partial charge in [-0.1, -0.05) is 18.2 Å². The smallest absolute Gasteiger partial charge is 0.194 e. The van der Waals surface area contributed by atoms with Crippen LogP contribution in [0.5, 0.6) is 5.75 Å². The lowest BCUT2D eigenvalue weighted by atomic mass is 10.0. The molecular weight excluding hydrogens is 267 g/mol. The van der Waals surface area contributed by atoms with Crippen molar-refractivity contribution in [3.8, 4) is 5.75 Å². The van der Waals surface area contributed by atoms with Gasteiger partial charge in [-0.2, -0.15) is 0 Å². The van der Waals surface area contributed by atoms with Gasteiger partial charge in [-0.15, -0.1) is 0 Å².